The minimum Gasteiger partial charge on any atom is -0.326 e. The molecule has 3 rings (SSSR count). The summed E-state index contributed by atoms with van der Waals surface area (Å²) in [5.74, 6) is 0.862. The quantitative estimate of drug-likeness (QED) is 0.938. The Hall–Kier alpha value is -2.27. The lowest BCUT2D eigenvalue weighted by Gasteiger charge is -2.34. The maximum Gasteiger partial charge on any atom is 0.221 e. The third-order valence-electron chi connectivity index (χ3n) is 4.71. The zero-order valence-corrected chi connectivity index (χ0v) is 14.5. The molecule has 0 unspecified atom stereocenters. The molecule has 0 aliphatic carbocycles. The number of carbonyl (C=O) groups excluding carboxylic acids is 1. The molecule has 1 atom stereocenters. The molecule has 126 valence electrons. The third kappa shape index (κ3) is 3.46. The van der Waals surface area contributed by atoms with Crippen LogP contribution >= 0.6 is 0 Å². The highest BCUT2D eigenvalue weighted by Gasteiger charge is 2.40. The molecule has 0 radical (unpaired) electrons. The lowest BCUT2D eigenvalue weighted by molar-refractivity contribution is -0.114. The monoisotopic (exact) mass is 324 g/mol. The summed E-state index contributed by atoms with van der Waals surface area (Å²) in [7, 11) is 0. The van der Waals surface area contributed by atoms with E-state index in [-0.39, 0.29) is 11.4 Å². The Morgan fingerprint density at radius 2 is 2.04 bits per heavy atom. The van der Waals surface area contributed by atoms with Crippen molar-refractivity contribution in [2.75, 3.05) is 11.9 Å². The normalized spacial score (nSPS) is 21.0. The number of rotatable bonds is 4. The van der Waals surface area contributed by atoms with Gasteiger partial charge in [0.05, 0.1) is 5.54 Å². The van der Waals surface area contributed by atoms with Gasteiger partial charge in [0.25, 0.3) is 0 Å². The first-order chi connectivity index (χ1) is 11.5. The van der Waals surface area contributed by atoms with E-state index in [9.17, 15) is 4.79 Å². The van der Waals surface area contributed by atoms with Gasteiger partial charge in [0.1, 0.15) is 5.82 Å². The second kappa shape index (κ2) is 6.69. The maximum absolute atomic E-state index is 11.1. The number of carbonyl (C=O) groups is 1. The number of hydrogen-bond donors (Lipinski definition) is 1. The van der Waals surface area contributed by atoms with Gasteiger partial charge < -0.3 is 5.32 Å². The summed E-state index contributed by atoms with van der Waals surface area (Å²) in [5.41, 5.74) is 2.94. The van der Waals surface area contributed by atoms with Crippen molar-refractivity contribution < 1.29 is 4.79 Å². The van der Waals surface area contributed by atoms with E-state index >= 15 is 0 Å². The van der Waals surface area contributed by atoms with E-state index in [2.05, 4.69) is 39.2 Å². The van der Waals surface area contributed by atoms with Crippen molar-refractivity contribution in [2.24, 2.45) is 0 Å². The highest BCUT2D eigenvalue weighted by molar-refractivity contribution is 5.88. The number of aromatic nitrogens is 2. The molecule has 1 aromatic heterocycles. The topological polar surface area (TPSA) is 58.1 Å². The van der Waals surface area contributed by atoms with Crippen molar-refractivity contribution >= 4 is 11.6 Å². The fourth-order valence-electron chi connectivity index (χ4n) is 3.35. The summed E-state index contributed by atoms with van der Waals surface area (Å²) < 4.78 is 0. The predicted molar refractivity (Wildman–Crippen MR) is 94.5 cm³/mol. The second-order valence-corrected chi connectivity index (χ2v) is 6.70. The van der Waals surface area contributed by atoms with Gasteiger partial charge in [-0.2, -0.15) is 0 Å². The molecule has 0 bridgehead atoms. The number of nitrogens with one attached hydrogen (secondary N) is 1. The summed E-state index contributed by atoms with van der Waals surface area (Å²) in [5, 5.41) is 2.80. The van der Waals surface area contributed by atoms with Crippen molar-refractivity contribution in [3.05, 3.63) is 53.6 Å². The van der Waals surface area contributed by atoms with Gasteiger partial charge in [-0.05, 0) is 57.0 Å². The molecule has 1 N–H and O–H groups in total. The number of amides is 1. The molecule has 2 heterocycles. The molecule has 0 spiro atoms. The fourth-order valence-corrected chi connectivity index (χ4v) is 3.35. The average Bonchev–Trinajstić information content (AvgIpc) is 2.91. The van der Waals surface area contributed by atoms with E-state index in [1.807, 2.05) is 31.3 Å². The van der Waals surface area contributed by atoms with E-state index in [0.717, 1.165) is 43.1 Å². The standard InChI is InChI=1S/C19H24N4O/c1-14-9-11-20-18(21-14)19(3)10-4-12-23(19)13-16-5-7-17(8-6-16)22-15(2)24/h5-9,11H,4,10,12-13H2,1-3H3,(H,22,24)/t19-/m0/s1. The number of likely N-dealkylation sites (tertiary alicyclic amines) is 1. The van der Waals surface area contributed by atoms with Crippen molar-refractivity contribution in [3.8, 4) is 0 Å². The molecule has 1 amide bonds. The van der Waals surface area contributed by atoms with Gasteiger partial charge in [-0.15, -0.1) is 0 Å². The van der Waals surface area contributed by atoms with E-state index in [4.69, 9.17) is 0 Å². The first kappa shape index (κ1) is 16.6. The Morgan fingerprint density at radius 3 is 2.71 bits per heavy atom. The van der Waals surface area contributed by atoms with Gasteiger partial charge in [0, 0.05) is 31.0 Å². The van der Waals surface area contributed by atoms with Crippen molar-refractivity contribution in [1.82, 2.24) is 14.9 Å². The van der Waals surface area contributed by atoms with Crippen LogP contribution in [0.4, 0.5) is 5.69 Å². The van der Waals surface area contributed by atoms with E-state index in [1.54, 1.807) is 0 Å². The summed E-state index contributed by atoms with van der Waals surface area (Å²) in [6.07, 6.45) is 4.07. The van der Waals surface area contributed by atoms with Gasteiger partial charge in [-0.3, -0.25) is 9.69 Å². The Morgan fingerprint density at radius 1 is 1.29 bits per heavy atom. The Bertz CT molecular complexity index is 728. The zero-order valence-electron chi connectivity index (χ0n) is 14.5. The molecule has 1 aromatic carbocycles. The van der Waals surface area contributed by atoms with Gasteiger partial charge in [0.15, 0.2) is 0 Å². The molecule has 1 aliphatic heterocycles. The van der Waals surface area contributed by atoms with Crippen molar-refractivity contribution in [2.45, 2.75) is 45.7 Å². The zero-order chi connectivity index (χ0) is 17.2. The van der Waals surface area contributed by atoms with Crippen LogP contribution < -0.4 is 5.32 Å². The van der Waals surface area contributed by atoms with Gasteiger partial charge >= 0.3 is 0 Å². The van der Waals surface area contributed by atoms with Crippen molar-refractivity contribution in [1.29, 1.82) is 0 Å². The van der Waals surface area contributed by atoms with Crippen LogP contribution in [-0.2, 0) is 16.9 Å². The highest BCUT2D eigenvalue weighted by Crippen LogP contribution is 2.37. The first-order valence-corrected chi connectivity index (χ1v) is 8.39. The molecule has 5 heteroatoms. The fraction of sp³-hybridized carbons (Fsp3) is 0.421. The third-order valence-corrected chi connectivity index (χ3v) is 4.71. The molecule has 24 heavy (non-hydrogen) atoms. The lowest BCUT2D eigenvalue weighted by atomic mass is 9.97. The number of nitrogens with zero attached hydrogens (tertiary/aromatic N) is 3. The Kier molecular flexibility index (Phi) is 4.62. The van der Waals surface area contributed by atoms with Gasteiger partial charge in [0.2, 0.25) is 5.91 Å². The minimum absolute atomic E-state index is 0.0496. The summed E-state index contributed by atoms with van der Waals surface area (Å²) in [6.45, 7) is 7.66. The van der Waals surface area contributed by atoms with Crippen LogP contribution in [-0.4, -0.2) is 27.3 Å². The Balaban J connectivity index is 1.77. The Labute approximate surface area is 143 Å². The molecular weight excluding hydrogens is 300 g/mol. The summed E-state index contributed by atoms with van der Waals surface area (Å²) in [6, 6.07) is 9.98. The van der Waals surface area contributed by atoms with Gasteiger partial charge in [-0.1, -0.05) is 12.1 Å². The van der Waals surface area contributed by atoms with Crippen LogP contribution in [0.1, 0.15) is 43.8 Å². The average molecular weight is 324 g/mol. The number of aryl methyl sites for hydroxylation is 1. The number of benzene rings is 1. The van der Waals surface area contributed by atoms with Crippen LogP contribution in [0.25, 0.3) is 0 Å². The second-order valence-electron chi connectivity index (χ2n) is 6.70. The SMILES string of the molecule is CC(=O)Nc1ccc(CN2CCC[C@@]2(C)c2nccc(C)n2)cc1. The summed E-state index contributed by atoms with van der Waals surface area (Å²) in [4.78, 5) is 22.8. The van der Waals surface area contributed by atoms with Crippen LogP contribution in [0.2, 0.25) is 0 Å². The largest absolute Gasteiger partial charge is 0.326 e. The number of anilines is 1. The van der Waals surface area contributed by atoms with E-state index in [1.165, 1.54) is 12.5 Å². The van der Waals surface area contributed by atoms with E-state index in [0.29, 0.717) is 0 Å². The molecule has 1 aliphatic rings. The lowest BCUT2D eigenvalue weighted by Crippen LogP contribution is -2.39. The van der Waals surface area contributed by atoms with Crippen LogP contribution in [0.15, 0.2) is 36.5 Å². The van der Waals surface area contributed by atoms with Crippen LogP contribution in [0.5, 0.6) is 0 Å². The smallest absolute Gasteiger partial charge is 0.221 e. The summed E-state index contributed by atoms with van der Waals surface area (Å²) >= 11 is 0. The molecule has 1 saturated heterocycles. The molecule has 5 nitrogen and oxygen atoms in total. The number of hydrogen-bond acceptors (Lipinski definition) is 4. The van der Waals surface area contributed by atoms with Crippen LogP contribution in [0, 0.1) is 6.92 Å². The van der Waals surface area contributed by atoms with Crippen LogP contribution in [0.3, 0.4) is 0 Å². The van der Waals surface area contributed by atoms with E-state index < -0.39 is 0 Å². The molecule has 2 aromatic rings. The molecule has 1 fully saturated rings. The van der Waals surface area contributed by atoms with Gasteiger partial charge in [-0.25, -0.2) is 9.97 Å². The van der Waals surface area contributed by atoms with Crippen molar-refractivity contribution in [3.63, 3.8) is 0 Å². The minimum atomic E-state index is -0.123. The first-order valence-electron chi connectivity index (χ1n) is 8.39. The highest BCUT2D eigenvalue weighted by atomic mass is 16.1. The maximum atomic E-state index is 11.1. The molecule has 0 saturated carbocycles. The predicted octanol–water partition coefficient (Wildman–Crippen LogP) is 3.25. The molecular formula is C19H24N4O.